The Hall–Kier alpha value is -1.56. The summed E-state index contributed by atoms with van der Waals surface area (Å²) in [5.41, 5.74) is 2.10. The smallest absolute Gasteiger partial charge is 0.271 e. The van der Waals surface area contributed by atoms with Gasteiger partial charge in [0.1, 0.15) is 10.2 Å². The summed E-state index contributed by atoms with van der Waals surface area (Å²) in [6.07, 6.45) is 3.29. The summed E-state index contributed by atoms with van der Waals surface area (Å²) in [7, 11) is 1.87. The van der Waals surface area contributed by atoms with Crippen LogP contribution in [0.5, 0.6) is 0 Å². The van der Waals surface area contributed by atoms with Gasteiger partial charge in [-0.05, 0) is 0 Å². The molecule has 3 heterocycles. The molecule has 0 saturated carbocycles. The number of rotatable bonds is 0. The number of nitrogens with zero attached hydrogens (tertiary/aromatic N) is 4. The van der Waals surface area contributed by atoms with Gasteiger partial charge in [0, 0.05) is 7.05 Å². The van der Waals surface area contributed by atoms with Crippen molar-refractivity contribution in [3.05, 3.63) is 17.8 Å². The van der Waals surface area contributed by atoms with Crippen LogP contribution in [0.25, 0.3) is 21.4 Å². The van der Waals surface area contributed by atoms with Crippen LogP contribution in [-0.2, 0) is 7.05 Å². The van der Waals surface area contributed by atoms with Gasteiger partial charge in [0.2, 0.25) is 0 Å². The summed E-state index contributed by atoms with van der Waals surface area (Å²) >= 11 is 0.999. The molecule has 3 aromatic heterocycles. The molecule has 6 heteroatoms. The second kappa shape index (κ2) is 2.48. The molecule has 0 fully saturated rings. The van der Waals surface area contributed by atoms with E-state index in [9.17, 15) is 4.39 Å². The molecular formula is C8H5FN4S. The fourth-order valence-electron chi connectivity index (χ4n) is 1.47. The molecule has 0 amide bonds. The zero-order valence-corrected chi connectivity index (χ0v) is 8.05. The molecule has 0 N–H and O–H groups in total. The molecular weight excluding hydrogens is 203 g/mol. The maximum absolute atomic E-state index is 12.9. The Morgan fingerprint density at radius 3 is 3.14 bits per heavy atom. The van der Waals surface area contributed by atoms with Gasteiger partial charge in [-0.1, -0.05) is 11.3 Å². The zero-order valence-electron chi connectivity index (χ0n) is 7.23. The SMILES string of the molecule is Cn1cnc2cnc3nc(F)sc3c21. The van der Waals surface area contributed by atoms with E-state index in [0.29, 0.717) is 5.65 Å². The highest BCUT2D eigenvalue weighted by molar-refractivity contribution is 7.18. The molecule has 3 rings (SSSR count). The number of aryl methyl sites for hydroxylation is 1. The zero-order chi connectivity index (χ0) is 9.71. The number of hydrogen-bond donors (Lipinski definition) is 0. The number of halogens is 1. The van der Waals surface area contributed by atoms with Gasteiger partial charge in [0.05, 0.1) is 18.0 Å². The minimum absolute atomic E-state index is 0.448. The molecule has 4 nitrogen and oxygen atoms in total. The van der Waals surface area contributed by atoms with Crippen molar-refractivity contribution in [2.45, 2.75) is 0 Å². The monoisotopic (exact) mass is 208 g/mol. The Morgan fingerprint density at radius 1 is 1.43 bits per heavy atom. The van der Waals surface area contributed by atoms with Gasteiger partial charge in [0.15, 0.2) is 5.65 Å². The second-order valence-corrected chi connectivity index (χ2v) is 3.92. The molecule has 0 bridgehead atoms. The topological polar surface area (TPSA) is 43.6 Å². The van der Waals surface area contributed by atoms with E-state index in [2.05, 4.69) is 15.0 Å². The highest BCUT2D eigenvalue weighted by Crippen LogP contribution is 2.26. The van der Waals surface area contributed by atoms with E-state index in [1.807, 2.05) is 11.6 Å². The predicted octanol–water partition coefficient (Wildman–Crippen LogP) is 1.72. The van der Waals surface area contributed by atoms with Crippen molar-refractivity contribution in [2.75, 3.05) is 0 Å². The first-order valence-electron chi connectivity index (χ1n) is 3.98. The number of fused-ring (bicyclic) bond motifs is 3. The van der Waals surface area contributed by atoms with Crippen molar-refractivity contribution in [3.8, 4) is 0 Å². The fraction of sp³-hybridized carbons (Fsp3) is 0.125. The summed E-state index contributed by atoms with van der Waals surface area (Å²) in [4.78, 5) is 11.8. The van der Waals surface area contributed by atoms with E-state index in [-0.39, 0.29) is 0 Å². The van der Waals surface area contributed by atoms with Crippen molar-refractivity contribution in [3.63, 3.8) is 0 Å². The van der Waals surface area contributed by atoms with E-state index in [0.717, 1.165) is 27.1 Å². The average Bonchev–Trinajstić information content (AvgIpc) is 2.68. The first-order valence-corrected chi connectivity index (χ1v) is 4.79. The maximum Gasteiger partial charge on any atom is 0.271 e. The van der Waals surface area contributed by atoms with Crippen molar-refractivity contribution in [1.29, 1.82) is 0 Å². The minimum Gasteiger partial charge on any atom is -0.332 e. The van der Waals surface area contributed by atoms with Crippen LogP contribution in [0.3, 0.4) is 0 Å². The summed E-state index contributed by atoms with van der Waals surface area (Å²) in [5, 5.41) is -0.457. The first kappa shape index (κ1) is 7.81. The molecule has 3 aromatic rings. The molecule has 0 saturated heterocycles. The number of thiazole rings is 1. The largest absolute Gasteiger partial charge is 0.332 e. The normalized spacial score (nSPS) is 11.6. The summed E-state index contributed by atoms with van der Waals surface area (Å²) in [6.45, 7) is 0. The lowest BCUT2D eigenvalue weighted by atomic mass is 10.4. The Kier molecular flexibility index (Phi) is 1.38. The third kappa shape index (κ3) is 0.884. The summed E-state index contributed by atoms with van der Waals surface area (Å²) < 4.78 is 15.5. The van der Waals surface area contributed by atoms with Gasteiger partial charge >= 0.3 is 0 Å². The van der Waals surface area contributed by atoms with E-state index < -0.39 is 5.26 Å². The Balaban J connectivity index is 2.64. The molecule has 0 aliphatic rings. The lowest BCUT2D eigenvalue weighted by Gasteiger charge is -1.93. The molecule has 0 aliphatic heterocycles. The van der Waals surface area contributed by atoms with Gasteiger partial charge in [-0.25, -0.2) is 9.97 Å². The first-order chi connectivity index (χ1) is 6.75. The third-order valence-corrected chi connectivity index (χ3v) is 2.91. The van der Waals surface area contributed by atoms with Gasteiger partial charge in [-0.3, -0.25) is 0 Å². The second-order valence-electron chi connectivity index (χ2n) is 2.97. The van der Waals surface area contributed by atoms with Crippen LogP contribution in [0.1, 0.15) is 0 Å². The highest BCUT2D eigenvalue weighted by atomic mass is 32.1. The van der Waals surface area contributed by atoms with Gasteiger partial charge in [-0.2, -0.15) is 9.37 Å². The molecule has 70 valence electrons. The average molecular weight is 208 g/mol. The van der Waals surface area contributed by atoms with Crippen molar-refractivity contribution in [2.24, 2.45) is 7.05 Å². The molecule has 0 unspecified atom stereocenters. The number of hydrogen-bond acceptors (Lipinski definition) is 4. The van der Waals surface area contributed by atoms with Gasteiger partial charge in [-0.15, -0.1) is 0 Å². The van der Waals surface area contributed by atoms with E-state index in [1.54, 1.807) is 12.5 Å². The van der Waals surface area contributed by atoms with Gasteiger partial charge in [0.25, 0.3) is 5.26 Å². The van der Waals surface area contributed by atoms with Crippen LogP contribution >= 0.6 is 11.3 Å². The summed E-state index contributed by atoms with van der Waals surface area (Å²) in [6, 6.07) is 0. The van der Waals surface area contributed by atoms with Crippen LogP contribution in [0, 0.1) is 5.26 Å². The Labute approximate surface area is 82.0 Å². The van der Waals surface area contributed by atoms with Crippen LogP contribution in [0.2, 0.25) is 0 Å². The molecule has 0 aliphatic carbocycles. The molecule has 0 aromatic carbocycles. The quantitative estimate of drug-likeness (QED) is 0.565. The predicted molar refractivity (Wildman–Crippen MR) is 51.6 cm³/mol. The standard InChI is InChI=1S/C8H5FN4S/c1-13-3-11-4-2-10-7-6(5(4)13)14-8(9)12-7/h2-3H,1H3. The van der Waals surface area contributed by atoms with Crippen LogP contribution in [0.4, 0.5) is 4.39 Å². The minimum atomic E-state index is -0.457. The number of pyridine rings is 1. The Bertz CT molecular complexity index is 627. The van der Waals surface area contributed by atoms with E-state index in [1.165, 1.54) is 0 Å². The number of aromatic nitrogens is 4. The molecule has 0 radical (unpaired) electrons. The number of imidazole rings is 1. The Morgan fingerprint density at radius 2 is 2.29 bits per heavy atom. The van der Waals surface area contributed by atoms with E-state index >= 15 is 0 Å². The van der Waals surface area contributed by atoms with E-state index in [4.69, 9.17) is 0 Å². The van der Waals surface area contributed by atoms with Gasteiger partial charge < -0.3 is 4.57 Å². The van der Waals surface area contributed by atoms with Crippen molar-refractivity contribution < 1.29 is 4.39 Å². The lowest BCUT2D eigenvalue weighted by Crippen LogP contribution is -1.85. The molecule has 14 heavy (non-hydrogen) atoms. The molecule has 0 spiro atoms. The fourth-order valence-corrected chi connectivity index (χ4v) is 2.31. The van der Waals surface area contributed by atoms with Crippen molar-refractivity contribution in [1.82, 2.24) is 19.5 Å². The lowest BCUT2D eigenvalue weighted by molar-refractivity contribution is 0.619. The molecule has 0 atom stereocenters. The highest BCUT2D eigenvalue weighted by Gasteiger charge is 2.11. The van der Waals surface area contributed by atoms with Crippen LogP contribution in [-0.4, -0.2) is 19.5 Å². The van der Waals surface area contributed by atoms with Crippen molar-refractivity contribution >= 4 is 32.7 Å². The van der Waals surface area contributed by atoms with Crippen LogP contribution in [0.15, 0.2) is 12.5 Å². The maximum atomic E-state index is 12.9. The van der Waals surface area contributed by atoms with Crippen LogP contribution < -0.4 is 0 Å². The third-order valence-electron chi connectivity index (χ3n) is 2.07. The summed E-state index contributed by atoms with van der Waals surface area (Å²) in [5.74, 6) is 0.